The second-order valence-electron chi connectivity index (χ2n) is 4.31. The summed E-state index contributed by atoms with van der Waals surface area (Å²) in [6.07, 6.45) is -0.350. The molecule has 6 nitrogen and oxygen atoms in total. The van der Waals surface area contributed by atoms with Gasteiger partial charge in [0.2, 0.25) is 0 Å². The number of nitriles is 2. The zero-order valence-corrected chi connectivity index (χ0v) is 11.4. The molecular weight excluding hydrogens is 248 g/mol. The van der Waals surface area contributed by atoms with Gasteiger partial charge < -0.3 is 9.47 Å². The number of hydrogen-bond donors (Lipinski definition) is 0. The molecule has 6 heteroatoms. The Kier molecular flexibility index (Phi) is 7.21. The summed E-state index contributed by atoms with van der Waals surface area (Å²) in [6.45, 7) is 5.27. The van der Waals surface area contributed by atoms with E-state index in [1.807, 2.05) is 12.1 Å². The van der Waals surface area contributed by atoms with Crippen LogP contribution in [0.5, 0.6) is 0 Å². The number of nitrogens with zero attached hydrogens (tertiary/aromatic N) is 2. The van der Waals surface area contributed by atoms with Crippen LogP contribution in [0.15, 0.2) is 0 Å². The largest absolute Gasteiger partial charge is 0.466 e. The third kappa shape index (κ3) is 5.39. The van der Waals surface area contributed by atoms with Crippen LogP contribution in [0.4, 0.5) is 0 Å². The average molecular weight is 266 g/mol. The van der Waals surface area contributed by atoms with Crippen molar-refractivity contribution < 1.29 is 19.1 Å². The van der Waals surface area contributed by atoms with Gasteiger partial charge >= 0.3 is 11.9 Å². The predicted molar refractivity (Wildman–Crippen MR) is 65.3 cm³/mol. The van der Waals surface area contributed by atoms with Crippen molar-refractivity contribution in [2.24, 2.45) is 11.3 Å². The zero-order valence-electron chi connectivity index (χ0n) is 11.4. The first-order valence-corrected chi connectivity index (χ1v) is 6.04. The highest BCUT2D eigenvalue weighted by atomic mass is 16.5. The SMILES string of the molecule is CCOC(=O)CC(C)(CC(=O)OCC)C(C#N)C#N. The van der Waals surface area contributed by atoms with E-state index in [1.165, 1.54) is 6.92 Å². The maximum absolute atomic E-state index is 11.5. The third-order valence-electron chi connectivity index (χ3n) is 2.66. The Morgan fingerprint density at radius 3 is 1.68 bits per heavy atom. The number of hydrogen-bond acceptors (Lipinski definition) is 6. The summed E-state index contributed by atoms with van der Waals surface area (Å²) in [7, 11) is 0. The minimum absolute atomic E-state index is 0.175. The molecule has 0 atom stereocenters. The summed E-state index contributed by atoms with van der Waals surface area (Å²) in [5, 5.41) is 17.9. The molecule has 0 aliphatic rings. The molecule has 0 aromatic rings. The van der Waals surface area contributed by atoms with Gasteiger partial charge in [-0.25, -0.2) is 0 Å². The predicted octanol–water partition coefficient (Wildman–Crippen LogP) is 1.56. The molecule has 19 heavy (non-hydrogen) atoms. The molecule has 0 aliphatic carbocycles. The van der Waals surface area contributed by atoms with Crippen LogP contribution in [0.2, 0.25) is 0 Å². The fraction of sp³-hybridized carbons (Fsp3) is 0.692. The van der Waals surface area contributed by atoms with E-state index < -0.39 is 23.3 Å². The second kappa shape index (κ2) is 8.10. The molecule has 0 saturated carbocycles. The van der Waals surface area contributed by atoms with E-state index in [9.17, 15) is 9.59 Å². The number of esters is 2. The normalized spacial score (nSPS) is 10.4. The minimum Gasteiger partial charge on any atom is -0.466 e. The van der Waals surface area contributed by atoms with Crippen LogP contribution in [0, 0.1) is 34.0 Å². The highest BCUT2D eigenvalue weighted by Gasteiger charge is 2.40. The van der Waals surface area contributed by atoms with Crippen molar-refractivity contribution >= 4 is 11.9 Å². The fourth-order valence-electron chi connectivity index (χ4n) is 1.69. The summed E-state index contributed by atoms with van der Waals surface area (Å²) >= 11 is 0. The van der Waals surface area contributed by atoms with E-state index in [1.54, 1.807) is 13.8 Å². The van der Waals surface area contributed by atoms with E-state index in [0.717, 1.165) is 0 Å². The number of ether oxygens (including phenoxy) is 2. The Labute approximate surface area is 112 Å². The molecule has 0 unspecified atom stereocenters. The van der Waals surface area contributed by atoms with Crippen molar-refractivity contribution in [2.75, 3.05) is 13.2 Å². The second-order valence-corrected chi connectivity index (χ2v) is 4.31. The van der Waals surface area contributed by atoms with Crippen LogP contribution in [-0.4, -0.2) is 25.2 Å². The van der Waals surface area contributed by atoms with Gasteiger partial charge in [-0.2, -0.15) is 10.5 Å². The van der Waals surface area contributed by atoms with Crippen LogP contribution in [-0.2, 0) is 19.1 Å². The molecule has 0 fully saturated rings. The Bertz CT molecular complexity index is 372. The summed E-state index contributed by atoms with van der Waals surface area (Å²) < 4.78 is 9.62. The molecule has 0 aromatic heterocycles. The van der Waals surface area contributed by atoms with Gasteiger partial charge in [0.1, 0.15) is 5.92 Å². The Hall–Kier alpha value is -2.08. The lowest BCUT2D eigenvalue weighted by atomic mass is 9.73. The van der Waals surface area contributed by atoms with Crippen LogP contribution >= 0.6 is 0 Å². The van der Waals surface area contributed by atoms with Gasteiger partial charge in [0.25, 0.3) is 0 Å². The average Bonchev–Trinajstić information content (AvgIpc) is 2.30. The molecule has 0 saturated heterocycles. The van der Waals surface area contributed by atoms with Crippen LogP contribution in [0.3, 0.4) is 0 Å². The van der Waals surface area contributed by atoms with Crippen molar-refractivity contribution in [3.63, 3.8) is 0 Å². The minimum atomic E-state index is -1.11. The lowest BCUT2D eigenvalue weighted by Crippen LogP contribution is -2.32. The first kappa shape index (κ1) is 16.9. The Balaban J connectivity index is 5.03. The molecule has 0 rings (SSSR count). The molecule has 0 bridgehead atoms. The molecule has 0 radical (unpaired) electrons. The van der Waals surface area contributed by atoms with Crippen LogP contribution < -0.4 is 0 Å². The van der Waals surface area contributed by atoms with Gasteiger partial charge in [0, 0.05) is 5.41 Å². The third-order valence-corrected chi connectivity index (χ3v) is 2.66. The first-order chi connectivity index (χ1) is 8.93. The lowest BCUT2D eigenvalue weighted by molar-refractivity contribution is -0.150. The lowest BCUT2D eigenvalue weighted by Gasteiger charge is -2.28. The smallest absolute Gasteiger partial charge is 0.306 e. The molecule has 0 aromatic carbocycles. The van der Waals surface area contributed by atoms with Gasteiger partial charge in [0.15, 0.2) is 0 Å². The molecule has 0 amide bonds. The standard InChI is InChI=1S/C13H18N2O4/c1-4-18-11(16)6-13(3,10(8-14)9-15)7-12(17)19-5-2/h10H,4-7H2,1-3H3. The summed E-state index contributed by atoms with van der Waals surface area (Å²) in [6, 6.07) is 3.62. The summed E-state index contributed by atoms with van der Waals surface area (Å²) in [5.74, 6) is -2.16. The maximum Gasteiger partial charge on any atom is 0.306 e. The van der Waals surface area contributed by atoms with Crippen molar-refractivity contribution in [1.29, 1.82) is 10.5 Å². The van der Waals surface area contributed by atoms with Crippen LogP contribution in [0.25, 0.3) is 0 Å². The molecule has 0 spiro atoms. The summed E-state index contributed by atoms with van der Waals surface area (Å²) in [5.41, 5.74) is -1.11. The maximum atomic E-state index is 11.5. The van der Waals surface area contributed by atoms with Gasteiger partial charge in [-0.1, -0.05) is 6.92 Å². The van der Waals surface area contributed by atoms with E-state index in [4.69, 9.17) is 20.0 Å². The Morgan fingerprint density at radius 1 is 1.05 bits per heavy atom. The van der Waals surface area contributed by atoms with Gasteiger partial charge in [0.05, 0.1) is 38.2 Å². The van der Waals surface area contributed by atoms with Crippen LogP contribution in [0.1, 0.15) is 33.6 Å². The molecule has 0 aliphatic heterocycles. The molecule has 104 valence electrons. The topological polar surface area (TPSA) is 100 Å². The van der Waals surface area contributed by atoms with E-state index in [-0.39, 0.29) is 26.1 Å². The first-order valence-electron chi connectivity index (χ1n) is 6.04. The van der Waals surface area contributed by atoms with Crippen molar-refractivity contribution in [3.05, 3.63) is 0 Å². The molecular formula is C13H18N2O4. The number of rotatable bonds is 7. The monoisotopic (exact) mass is 266 g/mol. The summed E-state index contributed by atoms with van der Waals surface area (Å²) in [4.78, 5) is 23.1. The van der Waals surface area contributed by atoms with E-state index >= 15 is 0 Å². The number of carbonyl (C=O) groups is 2. The highest BCUT2D eigenvalue weighted by Crippen LogP contribution is 2.35. The van der Waals surface area contributed by atoms with Crippen molar-refractivity contribution in [1.82, 2.24) is 0 Å². The van der Waals surface area contributed by atoms with E-state index in [2.05, 4.69) is 0 Å². The molecule has 0 heterocycles. The Morgan fingerprint density at radius 2 is 1.42 bits per heavy atom. The zero-order chi connectivity index (χ0) is 14.9. The van der Waals surface area contributed by atoms with Gasteiger partial charge in [-0.15, -0.1) is 0 Å². The van der Waals surface area contributed by atoms with Crippen molar-refractivity contribution in [3.8, 4) is 12.1 Å². The van der Waals surface area contributed by atoms with E-state index in [0.29, 0.717) is 0 Å². The van der Waals surface area contributed by atoms with Crippen molar-refractivity contribution in [2.45, 2.75) is 33.6 Å². The molecule has 0 N–H and O–H groups in total. The van der Waals surface area contributed by atoms with Gasteiger partial charge in [-0.05, 0) is 13.8 Å². The number of carbonyl (C=O) groups excluding carboxylic acids is 2. The quantitative estimate of drug-likeness (QED) is 0.648. The fourth-order valence-corrected chi connectivity index (χ4v) is 1.69. The van der Waals surface area contributed by atoms with Gasteiger partial charge in [-0.3, -0.25) is 9.59 Å². The highest BCUT2D eigenvalue weighted by molar-refractivity contribution is 5.74.